The van der Waals surface area contributed by atoms with Gasteiger partial charge in [-0.2, -0.15) is 0 Å². The third kappa shape index (κ3) is 5.03. The van der Waals surface area contributed by atoms with Crippen LogP contribution < -0.4 is 11.1 Å². The van der Waals surface area contributed by atoms with Crippen LogP contribution in [-0.4, -0.2) is 5.91 Å². The zero-order valence-corrected chi connectivity index (χ0v) is 12.3. The van der Waals surface area contributed by atoms with E-state index in [1.54, 1.807) is 0 Å². The molecular weight excluding hydrogens is 236 g/mol. The van der Waals surface area contributed by atoms with Gasteiger partial charge >= 0.3 is 0 Å². The zero-order valence-electron chi connectivity index (χ0n) is 12.3. The smallest absolute Gasteiger partial charge is 0.227 e. The first kappa shape index (κ1) is 15.7. The van der Waals surface area contributed by atoms with Crippen molar-refractivity contribution in [2.75, 3.05) is 5.32 Å². The lowest BCUT2D eigenvalue weighted by Gasteiger charge is -2.15. The highest BCUT2D eigenvalue weighted by Gasteiger charge is 2.15. The number of hydrogen-bond donors (Lipinski definition) is 2. The standard InChI is InChI=1S/C16H26N2O/c1-4-6-7-13(5-2)16(19)18-15-10-8-14(9-11-15)12(3)17/h8-13H,4-7,17H2,1-3H3,(H,18,19). The molecule has 0 saturated heterocycles. The summed E-state index contributed by atoms with van der Waals surface area (Å²) in [5.74, 6) is 0.248. The van der Waals surface area contributed by atoms with Crippen molar-refractivity contribution in [2.45, 2.75) is 52.5 Å². The van der Waals surface area contributed by atoms with E-state index in [0.29, 0.717) is 0 Å². The number of carbonyl (C=O) groups is 1. The average Bonchev–Trinajstić information content (AvgIpc) is 2.40. The minimum atomic E-state index is 0.0256. The molecule has 0 fully saturated rings. The van der Waals surface area contributed by atoms with Crippen LogP contribution in [0.4, 0.5) is 5.69 Å². The molecular formula is C16H26N2O. The largest absolute Gasteiger partial charge is 0.326 e. The fraction of sp³-hybridized carbons (Fsp3) is 0.562. The lowest BCUT2D eigenvalue weighted by molar-refractivity contribution is -0.120. The molecule has 106 valence electrons. The summed E-state index contributed by atoms with van der Waals surface area (Å²) in [6.45, 7) is 6.17. The predicted molar refractivity (Wildman–Crippen MR) is 81.0 cm³/mol. The van der Waals surface area contributed by atoms with Crippen LogP contribution in [0, 0.1) is 5.92 Å². The van der Waals surface area contributed by atoms with Crippen LogP contribution in [0.25, 0.3) is 0 Å². The number of rotatable bonds is 7. The van der Waals surface area contributed by atoms with E-state index in [0.717, 1.165) is 36.9 Å². The van der Waals surface area contributed by atoms with Crippen LogP contribution in [0.2, 0.25) is 0 Å². The maximum Gasteiger partial charge on any atom is 0.227 e. The minimum Gasteiger partial charge on any atom is -0.326 e. The lowest BCUT2D eigenvalue weighted by atomic mass is 9.98. The maximum atomic E-state index is 12.1. The van der Waals surface area contributed by atoms with Gasteiger partial charge in [-0.25, -0.2) is 0 Å². The van der Waals surface area contributed by atoms with E-state index in [1.165, 1.54) is 0 Å². The summed E-state index contributed by atoms with van der Waals surface area (Å²) in [6.07, 6.45) is 4.10. The summed E-state index contributed by atoms with van der Waals surface area (Å²) in [5, 5.41) is 2.99. The molecule has 1 aromatic rings. The molecule has 0 aliphatic heterocycles. The van der Waals surface area contributed by atoms with Gasteiger partial charge in [0.25, 0.3) is 0 Å². The number of hydrogen-bond acceptors (Lipinski definition) is 2. The fourth-order valence-electron chi connectivity index (χ4n) is 2.09. The fourth-order valence-corrected chi connectivity index (χ4v) is 2.09. The van der Waals surface area contributed by atoms with Crippen molar-refractivity contribution in [3.05, 3.63) is 29.8 Å². The molecule has 2 atom stereocenters. The first-order chi connectivity index (χ1) is 9.08. The molecule has 0 aliphatic carbocycles. The molecule has 1 amide bonds. The van der Waals surface area contributed by atoms with Crippen LogP contribution in [-0.2, 0) is 4.79 Å². The SMILES string of the molecule is CCCCC(CC)C(=O)Nc1ccc(C(C)N)cc1. The molecule has 1 aromatic carbocycles. The maximum absolute atomic E-state index is 12.1. The number of amides is 1. The van der Waals surface area contributed by atoms with Crippen molar-refractivity contribution in [1.29, 1.82) is 0 Å². The van der Waals surface area contributed by atoms with Crippen LogP contribution in [0.15, 0.2) is 24.3 Å². The Morgan fingerprint density at radius 1 is 1.26 bits per heavy atom. The number of nitrogens with two attached hydrogens (primary N) is 1. The van der Waals surface area contributed by atoms with E-state index >= 15 is 0 Å². The average molecular weight is 262 g/mol. The predicted octanol–water partition coefficient (Wildman–Crippen LogP) is 3.86. The zero-order chi connectivity index (χ0) is 14.3. The highest BCUT2D eigenvalue weighted by atomic mass is 16.1. The van der Waals surface area contributed by atoms with Gasteiger partial charge in [0.2, 0.25) is 5.91 Å². The van der Waals surface area contributed by atoms with E-state index in [4.69, 9.17) is 5.73 Å². The second kappa shape index (κ2) is 7.95. The lowest BCUT2D eigenvalue weighted by Crippen LogP contribution is -2.22. The Bertz CT molecular complexity index is 384. The highest BCUT2D eigenvalue weighted by Crippen LogP contribution is 2.18. The summed E-state index contributed by atoms with van der Waals surface area (Å²) >= 11 is 0. The van der Waals surface area contributed by atoms with Gasteiger partial charge in [-0.15, -0.1) is 0 Å². The van der Waals surface area contributed by atoms with Gasteiger partial charge < -0.3 is 11.1 Å². The van der Waals surface area contributed by atoms with Crippen molar-refractivity contribution in [3.63, 3.8) is 0 Å². The molecule has 0 radical (unpaired) electrons. The third-order valence-electron chi connectivity index (χ3n) is 3.47. The van der Waals surface area contributed by atoms with Crippen LogP contribution in [0.3, 0.4) is 0 Å². The molecule has 0 saturated carbocycles. The molecule has 3 N–H and O–H groups in total. The minimum absolute atomic E-state index is 0.0256. The summed E-state index contributed by atoms with van der Waals surface area (Å²) in [7, 11) is 0. The Labute approximate surface area is 116 Å². The van der Waals surface area contributed by atoms with Crippen molar-refractivity contribution in [3.8, 4) is 0 Å². The molecule has 3 heteroatoms. The molecule has 1 rings (SSSR count). The molecule has 0 heterocycles. The van der Waals surface area contributed by atoms with Gasteiger partial charge in [0.1, 0.15) is 0 Å². The van der Waals surface area contributed by atoms with Crippen molar-refractivity contribution < 1.29 is 4.79 Å². The summed E-state index contributed by atoms with van der Waals surface area (Å²) < 4.78 is 0. The topological polar surface area (TPSA) is 55.1 Å². The third-order valence-corrected chi connectivity index (χ3v) is 3.47. The molecule has 3 nitrogen and oxygen atoms in total. The molecule has 2 unspecified atom stereocenters. The van der Waals surface area contributed by atoms with Crippen molar-refractivity contribution in [2.24, 2.45) is 11.7 Å². The van der Waals surface area contributed by atoms with Crippen molar-refractivity contribution in [1.82, 2.24) is 0 Å². The first-order valence-corrected chi connectivity index (χ1v) is 7.24. The molecule has 0 spiro atoms. The van der Waals surface area contributed by atoms with Gasteiger partial charge in [0, 0.05) is 17.6 Å². The van der Waals surface area contributed by atoms with E-state index in [9.17, 15) is 4.79 Å². The summed E-state index contributed by atoms with van der Waals surface area (Å²) in [4.78, 5) is 12.1. The number of benzene rings is 1. The second-order valence-corrected chi connectivity index (χ2v) is 5.15. The monoisotopic (exact) mass is 262 g/mol. The Hall–Kier alpha value is -1.35. The van der Waals surface area contributed by atoms with Gasteiger partial charge in [-0.05, 0) is 37.5 Å². The summed E-state index contributed by atoms with van der Waals surface area (Å²) in [6, 6.07) is 7.80. The van der Waals surface area contributed by atoms with E-state index in [-0.39, 0.29) is 17.9 Å². The van der Waals surface area contributed by atoms with Crippen LogP contribution >= 0.6 is 0 Å². The van der Waals surface area contributed by atoms with Gasteiger partial charge in [0.15, 0.2) is 0 Å². The number of carbonyl (C=O) groups excluding carboxylic acids is 1. The van der Waals surface area contributed by atoms with E-state index < -0.39 is 0 Å². The molecule has 0 bridgehead atoms. The molecule has 0 aliphatic rings. The van der Waals surface area contributed by atoms with Gasteiger partial charge in [-0.3, -0.25) is 4.79 Å². The Morgan fingerprint density at radius 2 is 1.89 bits per heavy atom. The Morgan fingerprint density at radius 3 is 2.37 bits per heavy atom. The number of unbranched alkanes of at least 4 members (excludes halogenated alkanes) is 1. The van der Waals surface area contributed by atoms with Gasteiger partial charge in [-0.1, -0.05) is 38.8 Å². The molecule has 19 heavy (non-hydrogen) atoms. The van der Waals surface area contributed by atoms with Crippen molar-refractivity contribution >= 4 is 11.6 Å². The normalized spacial score (nSPS) is 13.9. The van der Waals surface area contributed by atoms with E-state index in [2.05, 4.69) is 19.2 Å². The quantitative estimate of drug-likeness (QED) is 0.784. The Balaban J connectivity index is 2.59. The summed E-state index contributed by atoms with van der Waals surface area (Å²) in [5.41, 5.74) is 7.73. The van der Waals surface area contributed by atoms with E-state index in [1.807, 2.05) is 31.2 Å². The van der Waals surface area contributed by atoms with Crippen LogP contribution in [0.5, 0.6) is 0 Å². The number of nitrogens with one attached hydrogen (secondary N) is 1. The molecule has 0 aromatic heterocycles. The second-order valence-electron chi connectivity index (χ2n) is 5.15. The highest BCUT2D eigenvalue weighted by molar-refractivity contribution is 5.92. The Kier molecular flexibility index (Phi) is 6.57. The van der Waals surface area contributed by atoms with Gasteiger partial charge in [0.05, 0.1) is 0 Å². The number of anilines is 1. The first-order valence-electron chi connectivity index (χ1n) is 7.24. The van der Waals surface area contributed by atoms with Crippen LogP contribution in [0.1, 0.15) is 58.1 Å².